The van der Waals surface area contributed by atoms with Gasteiger partial charge in [0.2, 0.25) is 0 Å². The van der Waals surface area contributed by atoms with Crippen molar-refractivity contribution in [1.82, 2.24) is 15.6 Å². The summed E-state index contributed by atoms with van der Waals surface area (Å²) in [5.41, 5.74) is 0.821. The molecule has 25 heavy (non-hydrogen) atoms. The zero-order chi connectivity index (χ0) is 17.4. The highest BCUT2D eigenvalue weighted by atomic mass is 127. The number of aromatic nitrogens is 1. The molecule has 5 nitrogen and oxygen atoms in total. The van der Waals surface area contributed by atoms with E-state index in [1.165, 1.54) is 10.9 Å². The average molecular weight is 478 g/mol. The Labute approximate surface area is 169 Å². The van der Waals surface area contributed by atoms with Gasteiger partial charge in [-0.25, -0.2) is 9.37 Å². The molecule has 2 aromatic rings. The molecule has 0 amide bonds. The van der Waals surface area contributed by atoms with Crippen LogP contribution in [0, 0.1) is 5.82 Å². The van der Waals surface area contributed by atoms with Crippen molar-refractivity contribution in [3.63, 3.8) is 0 Å². The van der Waals surface area contributed by atoms with Crippen molar-refractivity contribution >= 4 is 41.3 Å². The van der Waals surface area contributed by atoms with Gasteiger partial charge in [-0.1, -0.05) is 13.0 Å². The number of thiazole rings is 1. The van der Waals surface area contributed by atoms with E-state index >= 15 is 0 Å². The number of hydrogen-bond acceptors (Lipinski definition) is 4. The third-order valence-corrected chi connectivity index (χ3v) is 4.48. The SMILES string of the molecule is CCOc1ccc(CNC(=NC)NCc2ncc(CC)s2)cc1F.I. The first-order chi connectivity index (χ1) is 11.7. The summed E-state index contributed by atoms with van der Waals surface area (Å²) in [6.07, 6.45) is 2.90. The van der Waals surface area contributed by atoms with E-state index in [1.807, 2.05) is 19.2 Å². The minimum absolute atomic E-state index is 0. The van der Waals surface area contributed by atoms with Crippen molar-refractivity contribution in [3.05, 3.63) is 45.7 Å². The van der Waals surface area contributed by atoms with Crippen molar-refractivity contribution < 1.29 is 9.13 Å². The number of nitrogens with zero attached hydrogens (tertiary/aromatic N) is 2. The third-order valence-electron chi connectivity index (χ3n) is 3.34. The van der Waals surface area contributed by atoms with E-state index < -0.39 is 0 Å². The maximum absolute atomic E-state index is 13.8. The number of rotatable bonds is 7. The molecular weight excluding hydrogens is 454 g/mol. The van der Waals surface area contributed by atoms with Gasteiger partial charge in [-0.05, 0) is 31.0 Å². The summed E-state index contributed by atoms with van der Waals surface area (Å²) >= 11 is 1.69. The smallest absolute Gasteiger partial charge is 0.191 e. The molecule has 0 atom stereocenters. The van der Waals surface area contributed by atoms with E-state index in [-0.39, 0.29) is 35.5 Å². The van der Waals surface area contributed by atoms with Crippen molar-refractivity contribution in [3.8, 4) is 5.75 Å². The summed E-state index contributed by atoms with van der Waals surface area (Å²) < 4.78 is 19.0. The number of aryl methyl sites for hydroxylation is 1. The lowest BCUT2D eigenvalue weighted by Gasteiger charge is -2.12. The summed E-state index contributed by atoms with van der Waals surface area (Å²) in [4.78, 5) is 9.79. The minimum atomic E-state index is -0.353. The molecule has 8 heteroatoms. The molecule has 0 radical (unpaired) electrons. The van der Waals surface area contributed by atoms with Crippen LogP contribution in [-0.4, -0.2) is 24.6 Å². The Morgan fingerprint density at radius 2 is 2.04 bits per heavy atom. The summed E-state index contributed by atoms with van der Waals surface area (Å²) in [6, 6.07) is 4.95. The summed E-state index contributed by atoms with van der Waals surface area (Å²) in [5.74, 6) is 0.575. The minimum Gasteiger partial charge on any atom is -0.491 e. The number of benzene rings is 1. The molecule has 2 N–H and O–H groups in total. The third kappa shape index (κ3) is 6.77. The molecule has 138 valence electrons. The number of nitrogens with one attached hydrogen (secondary N) is 2. The highest BCUT2D eigenvalue weighted by molar-refractivity contribution is 14.0. The van der Waals surface area contributed by atoms with Crippen LogP contribution in [0.25, 0.3) is 0 Å². The van der Waals surface area contributed by atoms with E-state index in [0.717, 1.165) is 17.0 Å². The van der Waals surface area contributed by atoms with Crippen molar-refractivity contribution in [2.24, 2.45) is 4.99 Å². The number of halogens is 2. The van der Waals surface area contributed by atoms with Crippen molar-refractivity contribution in [2.75, 3.05) is 13.7 Å². The highest BCUT2D eigenvalue weighted by Crippen LogP contribution is 2.18. The lowest BCUT2D eigenvalue weighted by Crippen LogP contribution is -2.36. The molecule has 0 saturated heterocycles. The predicted octanol–water partition coefficient (Wildman–Crippen LogP) is 3.73. The molecule has 1 aromatic carbocycles. The Bertz CT molecular complexity index is 693. The topological polar surface area (TPSA) is 58.5 Å². The lowest BCUT2D eigenvalue weighted by atomic mass is 10.2. The van der Waals surface area contributed by atoms with E-state index in [1.54, 1.807) is 24.5 Å². The van der Waals surface area contributed by atoms with Crippen molar-refractivity contribution in [2.45, 2.75) is 33.4 Å². The van der Waals surface area contributed by atoms with Crippen LogP contribution in [0.2, 0.25) is 0 Å². The quantitative estimate of drug-likeness (QED) is 0.362. The molecule has 0 saturated carbocycles. The predicted molar refractivity (Wildman–Crippen MR) is 112 cm³/mol. The second-order valence-electron chi connectivity index (χ2n) is 5.05. The molecule has 2 rings (SSSR count). The van der Waals surface area contributed by atoms with Gasteiger partial charge in [-0.2, -0.15) is 0 Å². The summed E-state index contributed by atoms with van der Waals surface area (Å²) in [6.45, 7) is 5.47. The van der Waals surface area contributed by atoms with Crippen LogP contribution in [-0.2, 0) is 19.5 Å². The first kappa shape index (κ1) is 21.6. The fourth-order valence-corrected chi connectivity index (χ4v) is 2.89. The van der Waals surface area contributed by atoms with E-state index in [0.29, 0.717) is 25.7 Å². The van der Waals surface area contributed by atoms with Gasteiger partial charge in [-0.15, -0.1) is 35.3 Å². The van der Waals surface area contributed by atoms with Gasteiger partial charge in [0.15, 0.2) is 17.5 Å². The number of hydrogen-bond donors (Lipinski definition) is 2. The number of aliphatic imine (C=N–C) groups is 1. The summed E-state index contributed by atoms with van der Waals surface area (Å²) in [7, 11) is 1.70. The Kier molecular flexibility index (Phi) is 9.73. The summed E-state index contributed by atoms with van der Waals surface area (Å²) in [5, 5.41) is 7.39. The van der Waals surface area contributed by atoms with Gasteiger partial charge >= 0.3 is 0 Å². The monoisotopic (exact) mass is 478 g/mol. The largest absolute Gasteiger partial charge is 0.491 e. The molecular formula is C17H24FIN4OS. The number of ether oxygens (including phenoxy) is 1. The average Bonchev–Trinajstić information content (AvgIpc) is 3.05. The van der Waals surface area contributed by atoms with Crippen LogP contribution < -0.4 is 15.4 Å². The van der Waals surface area contributed by atoms with Crippen molar-refractivity contribution in [1.29, 1.82) is 0 Å². The standard InChI is InChI=1S/C17H23FN4OS.HI/c1-4-13-10-20-16(24-13)11-22-17(19-3)21-9-12-6-7-15(23-5-2)14(18)8-12;/h6-8,10H,4-5,9,11H2,1-3H3,(H2,19,21,22);1H. The fraction of sp³-hybridized carbons (Fsp3) is 0.412. The van der Waals surface area contributed by atoms with Gasteiger partial charge in [0.05, 0.1) is 13.2 Å². The number of guanidine groups is 1. The van der Waals surface area contributed by atoms with Crippen LogP contribution in [0.5, 0.6) is 5.75 Å². The van der Waals surface area contributed by atoms with E-state index in [2.05, 4.69) is 27.5 Å². The first-order valence-electron chi connectivity index (χ1n) is 7.95. The first-order valence-corrected chi connectivity index (χ1v) is 8.77. The molecule has 1 aromatic heterocycles. The van der Waals surface area contributed by atoms with Crippen LogP contribution in [0.3, 0.4) is 0 Å². The molecule has 0 spiro atoms. The molecule has 1 heterocycles. The molecule has 0 aliphatic carbocycles. The van der Waals surface area contributed by atoms with E-state index in [4.69, 9.17) is 4.74 Å². The van der Waals surface area contributed by atoms with Gasteiger partial charge in [0.1, 0.15) is 5.01 Å². The normalized spacial score (nSPS) is 11.0. The molecule has 0 fully saturated rings. The second kappa shape index (κ2) is 11.2. The van der Waals surface area contributed by atoms with Crippen LogP contribution in [0.1, 0.15) is 29.3 Å². The Balaban J connectivity index is 0.00000312. The Morgan fingerprint density at radius 1 is 1.28 bits per heavy atom. The van der Waals surface area contributed by atoms with Gasteiger partial charge < -0.3 is 15.4 Å². The lowest BCUT2D eigenvalue weighted by molar-refractivity contribution is 0.321. The Morgan fingerprint density at radius 3 is 2.64 bits per heavy atom. The molecule has 0 aliphatic heterocycles. The maximum atomic E-state index is 13.8. The zero-order valence-corrected chi connectivity index (χ0v) is 17.8. The van der Waals surface area contributed by atoms with Gasteiger partial charge in [-0.3, -0.25) is 4.99 Å². The zero-order valence-electron chi connectivity index (χ0n) is 14.6. The maximum Gasteiger partial charge on any atom is 0.191 e. The van der Waals surface area contributed by atoms with E-state index in [9.17, 15) is 4.39 Å². The van der Waals surface area contributed by atoms with Gasteiger partial charge in [0.25, 0.3) is 0 Å². The van der Waals surface area contributed by atoms with Crippen LogP contribution in [0.4, 0.5) is 4.39 Å². The fourth-order valence-electron chi connectivity index (χ4n) is 2.09. The molecule has 0 unspecified atom stereocenters. The molecule has 0 bridgehead atoms. The van der Waals surface area contributed by atoms with Crippen LogP contribution in [0.15, 0.2) is 29.4 Å². The molecule has 0 aliphatic rings. The highest BCUT2D eigenvalue weighted by Gasteiger charge is 2.06. The Hall–Kier alpha value is -1.42. The van der Waals surface area contributed by atoms with Gasteiger partial charge in [0, 0.05) is 24.7 Å². The second-order valence-corrected chi connectivity index (χ2v) is 6.25. The van der Waals surface area contributed by atoms with Crippen LogP contribution >= 0.6 is 35.3 Å².